The first-order valence-electron chi connectivity index (χ1n) is 3.76. The second-order valence-corrected chi connectivity index (χ2v) is 4.12. The highest BCUT2D eigenvalue weighted by Crippen LogP contribution is 2.33. The summed E-state index contributed by atoms with van der Waals surface area (Å²) in [6.07, 6.45) is 0.0247. The zero-order valence-corrected chi connectivity index (χ0v) is 7.09. The lowest BCUT2D eigenvalue weighted by molar-refractivity contribution is 0.0378. The van der Waals surface area contributed by atoms with Crippen LogP contribution in [0.4, 0.5) is 0 Å². The molecule has 0 aliphatic carbocycles. The summed E-state index contributed by atoms with van der Waals surface area (Å²) in [5, 5.41) is 9.57. The maximum Gasteiger partial charge on any atom is 0.110 e. The Morgan fingerprint density at radius 2 is 1.80 bits per heavy atom. The van der Waals surface area contributed by atoms with Crippen molar-refractivity contribution < 1.29 is 9.84 Å². The SMILES string of the molecule is C[C@@H]1O[C@H]1[C@@H](O)C(C)(C)C. The molecule has 0 aromatic rings. The predicted molar refractivity (Wildman–Crippen MR) is 39.8 cm³/mol. The summed E-state index contributed by atoms with van der Waals surface area (Å²) in [6.45, 7) is 8.05. The maximum atomic E-state index is 9.57. The predicted octanol–water partition coefficient (Wildman–Crippen LogP) is 1.18. The Labute approximate surface area is 62.2 Å². The molecule has 0 unspecified atom stereocenters. The Balaban J connectivity index is 2.42. The molecule has 0 radical (unpaired) electrons. The molecule has 1 heterocycles. The van der Waals surface area contributed by atoms with Gasteiger partial charge in [0.2, 0.25) is 0 Å². The third-order valence-corrected chi connectivity index (χ3v) is 1.96. The molecule has 1 aliphatic rings. The van der Waals surface area contributed by atoms with Gasteiger partial charge < -0.3 is 9.84 Å². The van der Waals surface area contributed by atoms with Gasteiger partial charge in [0.25, 0.3) is 0 Å². The minimum absolute atomic E-state index is 0.0462. The molecule has 1 rings (SSSR count). The van der Waals surface area contributed by atoms with Crippen molar-refractivity contribution in [2.24, 2.45) is 5.41 Å². The monoisotopic (exact) mass is 144 g/mol. The number of aliphatic hydroxyl groups is 1. The molecule has 2 nitrogen and oxygen atoms in total. The van der Waals surface area contributed by atoms with Gasteiger partial charge in [0.15, 0.2) is 0 Å². The average molecular weight is 144 g/mol. The first kappa shape index (κ1) is 8.02. The molecule has 1 N–H and O–H groups in total. The van der Waals surface area contributed by atoms with Crippen LogP contribution in [0, 0.1) is 5.41 Å². The van der Waals surface area contributed by atoms with Crippen LogP contribution in [0.1, 0.15) is 27.7 Å². The van der Waals surface area contributed by atoms with E-state index < -0.39 is 0 Å². The van der Waals surface area contributed by atoms with E-state index >= 15 is 0 Å². The summed E-state index contributed by atoms with van der Waals surface area (Å²) in [5.41, 5.74) is -0.0462. The van der Waals surface area contributed by atoms with E-state index in [0.717, 1.165) is 0 Å². The van der Waals surface area contributed by atoms with E-state index in [1.54, 1.807) is 0 Å². The van der Waals surface area contributed by atoms with Gasteiger partial charge in [0.1, 0.15) is 6.10 Å². The van der Waals surface area contributed by atoms with Crippen molar-refractivity contribution in [3.63, 3.8) is 0 Å². The molecule has 1 fully saturated rings. The number of hydrogen-bond acceptors (Lipinski definition) is 2. The Morgan fingerprint density at radius 3 is 1.90 bits per heavy atom. The van der Waals surface area contributed by atoms with Gasteiger partial charge in [0, 0.05) is 0 Å². The first-order chi connectivity index (χ1) is 4.43. The van der Waals surface area contributed by atoms with Crippen LogP contribution in [0.25, 0.3) is 0 Å². The second kappa shape index (κ2) is 2.21. The second-order valence-electron chi connectivity index (χ2n) is 4.12. The Kier molecular flexibility index (Phi) is 1.77. The zero-order valence-electron chi connectivity index (χ0n) is 7.09. The zero-order chi connectivity index (χ0) is 7.94. The Morgan fingerprint density at radius 1 is 1.40 bits per heavy atom. The van der Waals surface area contributed by atoms with Crippen molar-refractivity contribution >= 4 is 0 Å². The smallest absolute Gasteiger partial charge is 0.110 e. The molecule has 2 heteroatoms. The third-order valence-electron chi connectivity index (χ3n) is 1.96. The average Bonchev–Trinajstić information content (AvgIpc) is 2.42. The summed E-state index contributed by atoms with van der Waals surface area (Å²) in [7, 11) is 0. The van der Waals surface area contributed by atoms with Crippen molar-refractivity contribution in [2.75, 3.05) is 0 Å². The van der Waals surface area contributed by atoms with Crippen LogP contribution in [-0.2, 0) is 4.74 Å². The van der Waals surface area contributed by atoms with Crippen LogP contribution < -0.4 is 0 Å². The molecule has 0 saturated carbocycles. The summed E-state index contributed by atoms with van der Waals surface area (Å²) in [6, 6.07) is 0. The minimum atomic E-state index is -0.317. The fourth-order valence-corrected chi connectivity index (χ4v) is 1.03. The highest BCUT2D eigenvalue weighted by Gasteiger charge is 2.45. The van der Waals surface area contributed by atoms with Crippen molar-refractivity contribution in [2.45, 2.75) is 46.0 Å². The topological polar surface area (TPSA) is 32.8 Å². The normalized spacial score (nSPS) is 35.7. The fourth-order valence-electron chi connectivity index (χ4n) is 1.03. The number of ether oxygens (including phenoxy) is 1. The van der Waals surface area contributed by atoms with E-state index in [9.17, 15) is 5.11 Å². The summed E-state index contributed by atoms with van der Waals surface area (Å²) in [4.78, 5) is 0. The molecule has 0 amide bonds. The molecule has 1 aliphatic heterocycles. The quantitative estimate of drug-likeness (QED) is 0.560. The van der Waals surface area contributed by atoms with Gasteiger partial charge in [-0.3, -0.25) is 0 Å². The van der Waals surface area contributed by atoms with Crippen molar-refractivity contribution in [3.8, 4) is 0 Å². The molecular formula is C8H16O2. The standard InChI is InChI=1S/C8H16O2/c1-5-6(10-5)7(9)8(2,3)4/h5-7,9H,1-4H3/t5-,6+,7+/m0/s1. The number of aliphatic hydroxyl groups excluding tert-OH is 1. The molecule has 3 atom stereocenters. The van der Waals surface area contributed by atoms with E-state index in [2.05, 4.69) is 0 Å². The van der Waals surface area contributed by atoms with Gasteiger partial charge in [-0.15, -0.1) is 0 Å². The fraction of sp³-hybridized carbons (Fsp3) is 1.00. The largest absolute Gasteiger partial charge is 0.390 e. The summed E-state index contributed by atoms with van der Waals surface area (Å²) in [5.74, 6) is 0. The van der Waals surface area contributed by atoms with E-state index in [0.29, 0.717) is 0 Å². The van der Waals surface area contributed by atoms with Gasteiger partial charge in [-0.05, 0) is 12.3 Å². The third kappa shape index (κ3) is 1.50. The lowest BCUT2D eigenvalue weighted by Crippen LogP contribution is -2.31. The van der Waals surface area contributed by atoms with Gasteiger partial charge in [-0.25, -0.2) is 0 Å². The van der Waals surface area contributed by atoms with Crippen LogP contribution in [-0.4, -0.2) is 23.4 Å². The molecule has 60 valence electrons. The molecule has 0 bridgehead atoms. The highest BCUT2D eigenvalue weighted by molar-refractivity contribution is 4.92. The van der Waals surface area contributed by atoms with Crippen LogP contribution in [0.2, 0.25) is 0 Å². The molecular weight excluding hydrogens is 128 g/mol. The van der Waals surface area contributed by atoms with E-state index in [1.165, 1.54) is 0 Å². The van der Waals surface area contributed by atoms with E-state index in [1.807, 2.05) is 27.7 Å². The summed E-state index contributed by atoms with van der Waals surface area (Å²) >= 11 is 0. The van der Waals surface area contributed by atoms with E-state index in [4.69, 9.17) is 4.74 Å². The van der Waals surface area contributed by atoms with Gasteiger partial charge in [0.05, 0.1) is 12.2 Å². The lowest BCUT2D eigenvalue weighted by Gasteiger charge is -2.24. The maximum absolute atomic E-state index is 9.57. The molecule has 0 aromatic carbocycles. The molecule has 0 aromatic heterocycles. The van der Waals surface area contributed by atoms with Crippen LogP contribution in [0.3, 0.4) is 0 Å². The van der Waals surface area contributed by atoms with Gasteiger partial charge in [-0.2, -0.15) is 0 Å². The lowest BCUT2D eigenvalue weighted by atomic mass is 9.86. The number of rotatable bonds is 1. The van der Waals surface area contributed by atoms with Gasteiger partial charge in [-0.1, -0.05) is 20.8 Å². The Hall–Kier alpha value is -0.0800. The van der Waals surface area contributed by atoms with E-state index in [-0.39, 0.29) is 23.7 Å². The van der Waals surface area contributed by atoms with Crippen molar-refractivity contribution in [3.05, 3.63) is 0 Å². The van der Waals surface area contributed by atoms with Gasteiger partial charge >= 0.3 is 0 Å². The minimum Gasteiger partial charge on any atom is -0.390 e. The van der Waals surface area contributed by atoms with Crippen molar-refractivity contribution in [1.29, 1.82) is 0 Å². The molecule has 0 spiro atoms. The number of hydrogen-bond donors (Lipinski definition) is 1. The Bertz CT molecular complexity index is 126. The summed E-state index contributed by atoms with van der Waals surface area (Å²) < 4.78 is 5.16. The first-order valence-corrected chi connectivity index (χ1v) is 3.76. The molecule has 1 saturated heterocycles. The van der Waals surface area contributed by atoms with Crippen molar-refractivity contribution in [1.82, 2.24) is 0 Å². The van der Waals surface area contributed by atoms with Crippen LogP contribution in [0.15, 0.2) is 0 Å². The molecule has 10 heavy (non-hydrogen) atoms. The highest BCUT2D eigenvalue weighted by atomic mass is 16.6. The van der Waals surface area contributed by atoms with Crippen LogP contribution >= 0.6 is 0 Å². The van der Waals surface area contributed by atoms with Crippen LogP contribution in [0.5, 0.6) is 0 Å². The number of epoxide rings is 1.